The lowest BCUT2D eigenvalue weighted by Crippen LogP contribution is -1.91. The van der Waals surface area contributed by atoms with Gasteiger partial charge in [0.1, 0.15) is 11.5 Å². The summed E-state index contributed by atoms with van der Waals surface area (Å²) in [6.45, 7) is 2.11. The van der Waals surface area contributed by atoms with E-state index in [1.54, 1.807) is 14.2 Å². The van der Waals surface area contributed by atoms with E-state index >= 15 is 0 Å². The van der Waals surface area contributed by atoms with E-state index in [9.17, 15) is 0 Å². The Kier molecular flexibility index (Phi) is 5.76. The molecule has 0 fully saturated rings. The monoisotopic (exact) mass is 336 g/mol. The van der Waals surface area contributed by atoms with Crippen molar-refractivity contribution in [2.75, 3.05) is 14.2 Å². The zero-order chi connectivity index (χ0) is 16.1. The zero-order valence-electron chi connectivity index (χ0n) is 12.8. The molecule has 116 valence electrons. The molecule has 2 nitrogen and oxygen atoms in total. The van der Waals surface area contributed by atoms with Crippen LogP contribution >= 0.6 is 23.2 Å². The number of allylic oxidation sites excluding steroid dienone is 1. The molecule has 1 unspecified atom stereocenters. The van der Waals surface area contributed by atoms with Gasteiger partial charge in [0, 0.05) is 0 Å². The normalized spacial score (nSPS) is 12.4. The van der Waals surface area contributed by atoms with Gasteiger partial charge >= 0.3 is 0 Å². The van der Waals surface area contributed by atoms with E-state index in [1.807, 2.05) is 42.5 Å². The Labute approximate surface area is 141 Å². The standard InChI is InChI=1S/C18H18Cl2O2/c1-12(14-7-9-18(22-3)16(20)11-14)4-5-13-6-8-17(21-2)15(19)10-13/h4-12H,1-3H3/b5-4+. The highest BCUT2D eigenvalue weighted by Crippen LogP contribution is 2.30. The summed E-state index contributed by atoms with van der Waals surface area (Å²) in [6, 6.07) is 11.5. The van der Waals surface area contributed by atoms with Gasteiger partial charge in [-0.2, -0.15) is 0 Å². The molecule has 0 radical (unpaired) electrons. The first kappa shape index (κ1) is 16.7. The van der Waals surface area contributed by atoms with Crippen LogP contribution in [0.3, 0.4) is 0 Å². The van der Waals surface area contributed by atoms with Crippen molar-refractivity contribution in [3.63, 3.8) is 0 Å². The molecule has 2 aromatic carbocycles. The molecule has 4 heteroatoms. The molecule has 0 aliphatic heterocycles. The predicted molar refractivity (Wildman–Crippen MR) is 93.5 cm³/mol. The largest absolute Gasteiger partial charge is 0.495 e. The summed E-state index contributed by atoms with van der Waals surface area (Å²) in [6.07, 6.45) is 4.14. The van der Waals surface area contributed by atoms with Gasteiger partial charge in [-0.3, -0.25) is 0 Å². The zero-order valence-corrected chi connectivity index (χ0v) is 14.3. The molecule has 0 saturated heterocycles. The Morgan fingerprint density at radius 2 is 1.50 bits per heavy atom. The van der Waals surface area contributed by atoms with E-state index in [-0.39, 0.29) is 5.92 Å². The Hall–Kier alpha value is -1.64. The average Bonchev–Trinajstić information content (AvgIpc) is 2.52. The molecule has 0 saturated carbocycles. The van der Waals surface area contributed by atoms with Gasteiger partial charge in [0.25, 0.3) is 0 Å². The van der Waals surface area contributed by atoms with E-state index in [0.29, 0.717) is 21.5 Å². The van der Waals surface area contributed by atoms with Gasteiger partial charge in [-0.1, -0.05) is 54.4 Å². The van der Waals surface area contributed by atoms with Crippen molar-refractivity contribution in [2.24, 2.45) is 0 Å². The molecule has 2 aromatic rings. The molecule has 0 heterocycles. The van der Waals surface area contributed by atoms with E-state index < -0.39 is 0 Å². The van der Waals surface area contributed by atoms with Crippen molar-refractivity contribution in [1.82, 2.24) is 0 Å². The van der Waals surface area contributed by atoms with Crippen LogP contribution in [0.15, 0.2) is 42.5 Å². The smallest absolute Gasteiger partial charge is 0.137 e. The van der Waals surface area contributed by atoms with Crippen LogP contribution < -0.4 is 9.47 Å². The van der Waals surface area contributed by atoms with Crippen molar-refractivity contribution in [3.8, 4) is 11.5 Å². The van der Waals surface area contributed by atoms with E-state index in [2.05, 4.69) is 13.0 Å². The second-order valence-electron chi connectivity index (χ2n) is 4.94. The topological polar surface area (TPSA) is 18.5 Å². The summed E-state index contributed by atoms with van der Waals surface area (Å²) in [5.74, 6) is 1.58. The predicted octanol–water partition coefficient (Wildman–Crippen LogP) is 5.83. The van der Waals surface area contributed by atoms with Crippen LogP contribution in [-0.4, -0.2) is 14.2 Å². The fraction of sp³-hybridized carbons (Fsp3) is 0.222. The van der Waals surface area contributed by atoms with E-state index in [0.717, 1.165) is 11.1 Å². The van der Waals surface area contributed by atoms with Gasteiger partial charge in [-0.25, -0.2) is 0 Å². The minimum atomic E-state index is 0.226. The summed E-state index contributed by atoms with van der Waals surface area (Å²) in [5, 5.41) is 1.22. The third-order valence-corrected chi connectivity index (χ3v) is 4.05. The van der Waals surface area contributed by atoms with E-state index in [4.69, 9.17) is 32.7 Å². The van der Waals surface area contributed by atoms with Crippen molar-refractivity contribution >= 4 is 29.3 Å². The summed E-state index contributed by atoms with van der Waals surface area (Å²) in [4.78, 5) is 0. The molecule has 0 spiro atoms. The highest BCUT2D eigenvalue weighted by molar-refractivity contribution is 6.32. The molecule has 0 N–H and O–H groups in total. The number of methoxy groups -OCH3 is 2. The van der Waals surface area contributed by atoms with Gasteiger partial charge in [0.05, 0.1) is 24.3 Å². The minimum absolute atomic E-state index is 0.226. The van der Waals surface area contributed by atoms with Crippen LogP contribution in [0.4, 0.5) is 0 Å². The van der Waals surface area contributed by atoms with Crippen molar-refractivity contribution in [1.29, 1.82) is 0 Å². The Bertz CT molecular complexity index is 681. The first-order valence-electron chi connectivity index (χ1n) is 6.90. The summed E-state index contributed by atoms with van der Waals surface area (Å²) >= 11 is 12.3. The fourth-order valence-corrected chi connectivity index (χ4v) is 2.65. The maximum absolute atomic E-state index is 6.16. The van der Waals surface area contributed by atoms with Crippen LogP contribution in [0.1, 0.15) is 24.0 Å². The molecule has 0 aromatic heterocycles. The molecule has 0 aliphatic rings. The molecular formula is C18H18Cl2O2. The highest BCUT2D eigenvalue weighted by atomic mass is 35.5. The van der Waals surface area contributed by atoms with E-state index in [1.165, 1.54) is 0 Å². The third kappa shape index (κ3) is 3.96. The molecular weight excluding hydrogens is 319 g/mol. The summed E-state index contributed by atoms with van der Waals surface area (Å²) < 4.78 is 10.3. The van der Waals surface area contributed by atoms with Gasteiger partial charge in [0.15, 0.2) is 0 Å². The number of benzene rings is 2. The minimum Gasteiger partial charge on any atom is -0.495 e. The van der Waals surface area contributed by atoms with Crippen LogP contribution in [0, 0.1) is 0 Å². The van der Waals surface area contributed by atoms with Crippen LogP contribution in [-0.2, 0) is 0 Å². The lowest BCUT2D eigenvalue weighted by Gasteiger charge is -2.10. The third-order valence-electron chi connectivity index (χ3n) is 3.45. The Morgan fingerprint density at radius 1 is 0.909 bits per heavy atom. The van der Waals surface area contributed by atoms with Gasteiger partial charge in [-0.15, -0.1) is 0 Å². The first-order valence-corrected chi connectivity index (χ1v) is 7.66. The van der Waals surface area contributed by atoms with Gasteiger partial charge < -0.3 is 9.47 Å². The maximum Gasteiger partial charge on any atom is 0.137 e. The molecule has 0 bridgehead atoms. The second-order valence-corrected chi connectivity index (χ2v) is 5.75. The quantitative estimate of drug-likeness (QED) is 0.684. The summed E-state index contributed by atoms with van der Waals surface area (Å²) in [5.41, 5.74) is 2.15. The number of hydrogen-bond acceptors (Lipinski definition) is 2. The number of ether oxygens (including phenoxy) is 2. The van der Waals surface area contributed by atoms with Crippen LogP contribution in [0.5, 0.6) is 11.5 Å². The van der Waals surface area contributed by atoms with Crippen LogP contribution in [0.2, 0.25) is 10.0 Å². The number of hydrogen-bond donors (Lipinski definition) is 0. The Balaban J connectivity index is 2.15. The second kappa shape index (κ2) is 7.57. The highest BCUT2D eigenvalue weighted by Gasteiger charge is 2.06. The molecule has 0 aliphatic carbocycles. The first-order chi connectivity index (χ1) is 10.5. The van der Waals surface area contributed by atoms with Crippen molar-refractivity contribution < 1.29 is 9.47 Å². The van der Waals surface area contributed by atoms with Gasteiger partial charge in [-0.05, 0) is 41.3 Å². The molecule has 22 heavy (non-hydrogen) atoms. The number of halogens is 2. The SMILES string of the molecule is COc1ccc(/C=C/C(C)c2ccc(OC)c(Cl)c2)cc1Cl. The lowest BCUT2D eigenvalue weighted by atomic mass is 9.99. The lowest BCUT2D eigenvalue weighted by molar-refractivity contribution is 0.415. The van der Waals surface area contributed by atoms with Crippen molar-refractivity contribution in [3.05, 3.63) is 63.6 Å². The molecule has 0 amide bonds. The summed E-state index contributed by atoms with van der Waals surface area (Å²) in [7, 11) is 3.21. The van der Waals surface area contributed by atoms with Gasteiger partial charge in [0.2, 0.25) is 0 Å². The van der Waals surface area contributed by atoms with Crippen molar-refractivity contribution in [2.45, 2.75) is 12.8 Å². The maximum atomic E-state index is 6.16. The molecule has 2 rings (SSSR count). The fourth-order valence-electron chi connectivity index (χ4n) is 2.12. The molecule has 1 atom stereocenters. The number of rotatable bonds is 5. The average molecular weight is 337 g/mol. The van der Waals surface area contributed by atoms with Crippen LogP contribution in [0.25, 0.3) is 6.08 Å². The Morgan fingerprint density at radius 3 is 2.05 bits per heavy atom.